The molecule has 0 radical (unpaired) electrons. The Morgan fingerprint density at radius 1 is 1.42 bits per heavy atom. The van der Waals surface area contributed by atoms with Crippen molar-refractivity contribution >= 4 is 17.8 Å². The highest BCUT2D eigenvalue weighted by Gasteiger charge is 2.40. The van der Waals surface area contributed by atoms with Crippen LogP contribution in [-0.2, 0) is 14.4 Å². The Labute approximate surface area is 106 Å². The second kappa shape index (κ2) is 5.89. The van der Waals surface area contributed by atoms with Gasteiger partial charge >= 0.3 is 12.1 Å². The number of aliphatic carboxylic acids is 1. The quantitative estimate of drug-likeness (QED) is 0.742. The molecule has 2 amide bonds. The van der Waals surface area contributed by atoms with E-state index in [0.717, 1.165) is 0 Å². The Kier molecular flexibility index (Phi) is 4.73. The third-order valence-corrected chi connectivity index (χ3v) is 2.59. The van der Waals surface area contributed by atoms with Gasteiger partial charge in [-0.15, -0.1) is 0 Å². The van der Waals surface area contributed by atoms with Gasteiger partial charge in [-0.2, -0.15) is 13.2 Å². The number of likely N-dealkylation sites (tertiary alicyclic amines) is 1. The van der Waals surface area contributed by atoms with E-state index in [-0.39, 0.29) is 25.9 Å². The topological polar surface area (TPSA) is 86.7 Å². The van der Waals surface area contributed by atoms with Crippen LogP contribution in [0.25, 0.3) is 0 Å². The van der Waals surface area contributed by atoms with Crippen LogP contribution in [0.1, 0.15) is 12.8 Å². The van der Waals surface area contributed by atoms with Crippen LogP contribution in [0.15, 0.2) is 0 Å². The molecular weight excluding hydrogens is 269 g/mol. The fourth-order valence-corrected chi connectivity index (χ4v) is 1.75. The molecule has 1 rings (SSSR count). The highest BCUT2D eigenvalue weighted by molar-refractivity contribution is 5.89. The third kappa shape index (κ3) is 5.14. The molecule has 0 bridgehead atoms. The maximum atomic E-state index is 12.1. The van der Waals surface area contributed by atoms with E-state index in [1.165, 1.54) is 0 Å². The van der Waals surface area contributed by atoms with Crippen molar-refractivity contribution in [3.63, 3.8) is 0 Å². The number of carbonyl (C=O) groups is 3. The summed E-state index contributed by atoms with van der Waals surface area (Å²) in [6.07, 6.45) is -5.06. The summed E-state index contributed by atoms with van der Waals surface area (Å²) >= 11 is 0. The molecule has 1 aliphatic heterocycles. The molecule has 1 heterocycles. The zero-order chi connectivity index (χ0) is 14.6. The number of alkyl halides is 3. The van der Waals surface area contributed by atoms with Gasteiger partial charge in [-0.3, -0.25) is 14.4 Å². The van der Waals surface area contributed by atoms with Crippen LogP contribution in [0.3, 0.4) is 0 Å². The summed E-state index contributed by atoms with van der Waals surface area (Å²) in [5.74, 6) is -3.28. The third-order valence-electron chi connectivity index (χ3n) is 2.59. The SMILES string of the molecule is O=C(O)CCNC(=O)C1CC(=O)N(CC(F)(F)F)C1. The predicted molar refractivity (Wildman–Crippen MR) is 56.0 cm³/mol. The van der Waals surface area contributed by atoms with Crippen LogP contribution in [0.2, 0.25) is 0 Å². The van der Waals surface area contributed by atoms with Gasteiger partial charge in [-0.05, 0) is 0 Å². The first-order valence-electron chi connectivity index (χ1n) is 5.53. The Morgan fingerprint density at radius 2 is 2.05 bits per heavy atom. The summed E-state index contributed by atoms with van der Waals surface area (Å²) in [6, 6.07) is 0. The Balaban J connectivity index is 2.43. The summed E-state index contributed by atoms with van der Waals surface area (Å²) in [7, 11) is 0. The van der Waals surface area contributed by atoms with E-state index in [9.17, 15) is 27.6 Å². The van der Waals surface area contributed by atoms with Crippen molar-refractivity contribution in [3.8, 4) is 0 Å². The first-order chi connectivity index (χ1) is 8.69. The Morgan fingerprint density at radius 3 is 2.58 bits per heavy atom. The van der Waals surface area contributed by atoms with E-state index in [2.05, 4.69) is 5.32 Å². The van der Waals surface area contributed by atoms with Crippen LogP contribution >= 0.6 is 0 Å². The molecule has 108 valence electrons. The van der Waals surface area contributed by atoms with Gasteiger partial charge in [0.2, 0.25) is 11.8 Å². The number of hydrogen-bond acceptors (Lipinski definition) is 3. The monoisotopic (exact) mass is 282 g/mol. The average molecular weight is 282 g/mol. The van der Waals surface area contributed by atoms with E-state index in [4.69, 9.17) is 5.11 Å². The molecule has 0 aromatic carbocycles. The zero-order valence-electron chi connectivity index (χ0n) is 9.87. The van der Waals surface area contributed by atoms with E-state index in [1.807, 2.05) is 0 Å². The lowest BCUT2D eigenvalue weighted by molar-refractivity contribution is -0.157. The van der Waals surface area contributed by atoms with E-state index in [0.29, 0.717) is 4.90 Å². The lowest BCUT2D eigenvalue weighted by atomic mass is 10.1. The number of nitrogens with zero attached hydrogens (tertiary/aromatic N) is 1. The summed E-state index contributed by atoms with van der Waals surface area (Å²) in [5.41, 5.74) is 0. The summed E-state index contributed by atoms with van der Waals surface area (Å²) in [6.45, 7) is -1.78. The molecule has 0 aromatic heterocycles. The number of carboxylic acids is 1. The van der Waals surface area contributed by atoms with Gasteiger partial charge in [0, 0.05) is 19.5 Å². The van der Waals surface area contributed by atoms with E-state index >= 15 is 0 Å². The molecule has 0 aliphatic carbocycles. The number of carboxylic acid groups (broad SMARTS) is 1. The molecule has 1 fully saturated rings. The number of amides is 2. The lowest BCUT2D eigenvalue weighted by Crippen LogP contribution is -2.37. The predicted octanol–water partition coefficient (Wildman–Crippen LogP) is -0.0119. The molecule has 1 aliphatic rings. The largest absolute Gasteiger partial charge is 0.481 e. The van der Waals surface area contributed by atoms with Crippen LogP contribution < -0.4 is 5.32 Å². The van der Waals surface area contributed by atoms with E-state index < -0.39 is 36.4 Å². The average Bonchev–Trinajstić information content (AvgIpc) is 2.57. The van der Waals surface area contributed by atoms with Gasteiger partial charge in [0.25, 0.3) is 0 Å². The van der Waals surface area contributed by atoms with Crippen molar-refractivity contribution in [2.75, 3.05) is 19.6 Å². The molecule has 2 N–H and O–H groups in total. The summed E-state index contributed by atoms with van der Waals surface area (Å²) in [5, 5.41) is 10.6. The van der Waals surface area contributed by atoms with Crippen molar-refractivity contribution in [3.05, 3.63) is 0 Å². The fraction of sp³-hybridized carbons (Fsp3) is 0.700. The Bertz CT molecular complexity index is 383. The maximum absolute atomic E-state index is 12.1. The van der Waals surface area contributed by atoms with Gasteiger partial charge in [-0.25, -0.2) is 0 Å². The smallest absolute Gasteiger partial charge is 0.406 e. The minimum atomic E-state index is -4.50. The highest BCUT2D eigenvalue weighted by atomic mass is 19.4. The number of nitrogens with one attached hydrogen (secondary N) is 1. The number of hydrogen-bond donors (Lipinski definition) is 2. The summed E-state index contributed by atoms with van der Waals surface area (Å²) < 4.78 is 36.4. The van der Waals surface area contributed by atoms with Crippen molar-refractivity contribution in [1.82, 2.24) is 10.2 Å². The van der Waals surface area contributed by atoms with Crippen molar-refractivity contribution in [1.29, 1.82) is 0 Å². The molecule has 9 heteroatoms. The van der Waals surface area contributed by atoms with Gasteiger partial charge in [-0.1, -0.05) is 0 Å². The minimum Gasteiger partial charge on any atom is -0.481 e. The number of carbonyl (C=O) groups excluding carboxylic acids is 2. The van der Waals surface area contributed by atoms with Crippen LogP contribution in [0.5, 0.6) is 0 Å². The van der Waals surface area contributed by atoms with Crippen molar-refractivity contribution < 1.29 is 32.7 Å². The fourth-order valence-electron chi connectivity index (χ4n) is 1.75. The van der Waals surface area contributed by atoms with Gasteiger partial charge in [0.05, 0.1) is 12.3 Å². The lowest BCUT2D eigenvalue weighted by Gasteiger charge is -2.18. The maximum Gasteiger partial charge on any atom is 0.406 e. The first-order valence-corrected chi connectivity index (χ1v) is 5.53. The molecule has 1 atom stereocenters. The van der Waals surface area contributed by atoms with Crippen molar-refractivity contribution in [2.24, 2.45) is 5.92 Å². The van der Waals surface area contributed by atoms with E-state index in [1.54, 1.807) is 0 Å². The molecule has 19 heavy (non-hydrogen) atoms. The number of rotatable bonds is 5. The molecule has 1 saturated heterocycles. The standard InChI is InChI=1S/C10H13F3N2O4/c11-10(12,13)5-15-4-6(3-7(15)16)9(19)14-2-1-8(17)18/h6H,1-5H2,(H,14,19)(H,17,18). The van der Waals surface area contributed by atoms with Crippen molar-refractivity contribution in [2.45, 2.75) is 19.0 Å². The van der Waals surface area contributed by atoms with Crippen LogP contribution in [0.4, 0.5) is 13.2 Å². The molecule has 1 unspecified atom stereocenters. The first kappa shape index (κ1) is 15.3. The highest BCUT2D eigenvalue weighted by Crippen LogP contribution is 2.23. The molecule has 0 spiro atoms. The second-order valence-corrected chi connectivity index (χ2v) is 4.23. The number of halogens is 3. The zero-order valence-corrected chi connectivity index (χ0v) is 9.87. The van der Waals surface area contributed by atoms with Crippen LogP contribution in [-0.4, -0.2) is 53.6 Å². The molecular formula is C10H13F3N2O4. The van der Waals surface area contributed by atoms with Gasteiger partial charge in [0.1, 0.15) is 6.54 Å². The van der Waals surface area contributed by atoms with Gasteiger partial charge < -0.3 is 15.3 Å². The second-order valence-electron chi connectivity index (χ2n) is 4.23. The normalized spacial score (nSPS) is 19.6. The van der Waals surface area contributed by atoms with Crippen LogP contribution in [0, 0.1) is 5.92 Å². The minimum absolute atomic E-state index is 0.113. The molecule has 6 nitrogen and oxygen atoms in total. The summed E-state index contributed by atoms with van der Waals surface area (Å²) in [4.78, 5) is 33.6. The molecule has 0 saturated carbocycles. The molecule has 0 aromatic rings. The Hall–Kier alpha value is -1.80. The van der Waals surface area contributed by atoms with Gasteiger partial charge in [0.15, 0.2) is 0 Å².